The van der Waals surface area contributed by atoms with Crippen LogP contribution >= 0.6 is 0 Å². The first-order valence-electron chi connectivity index (χ1n) is 7.01. The standard InChI is InChI=1S/C16H23NO/c1-12(11-17)5-8-16(18)10-13-6-7-14-3-2-4-15(14)9-13/h6-7,9,12H,2-5,8,10-11,17H2,1H3. The summed E-state index contributed by atoms with van der Waals surface area (Å²) in [5, 5.41) is 0. The van der Waals surface area contributed by atoms with Gasteiger partial charge in [-0.1, -0.05) is 25.1 Å². The van der Waals surface area contributed by atoms with Crippen molar-refractivity contribution >= 4 is 5.78 Å². The van der Waals surface area contributed by atoms with Crippen molar-refractivity contribution < 1.29 is 4.79 Å². The van der Waals surface area contributed by atoms with Crippen LogP contribution in [0, 0.1) is 5.92 Å². The highest BCUT2D eigenvalue weighted by Crippen LogP contribution is 2.23. The van der Waals surface area contributed by atoms with E-state index in [2.05, 4.69) is 25.1 Å². The van der Waals surface area contributed by atoms with Crippen molar-refractivity contribution in [2.75, 3.05) is 6.54 Å². The van der Waals surface area contributed by atoms with Crippen LogP contribution in [0.5, 0.6) is 0 Å². The highest BCUT2D eigenvalue weighted by atomic mass is 16.1. The average Bonchev–Trinajstić information content (AvgIpc) is 2.83. The van der Waals surface area contributed by atoms with Crippen molar-refractivity contribution in [3.05, 3.63) is 34.9 Å². The van der Waals surface area contributed by atoms with Crippen LogP contribution < -0.4 is 5.73 Å². The largest absolute Gasteiger partial charge is 0.330 e. The lowest BCUT2D eigenvalue weighted by Crippen LogP contribution is -2.13. The van der Waals surface area contributed by atoms with Gasteiger partial charge in [-0.05, 0) is 54.8 Å². The van der Waals surface area contributed by atoms with E-state index < -0.39 is 0 Å². The maximum absolute atomic E-state index is 11.9. The Kier molecular flexibility index (Phi) is 4.54. The van der Waals surface area contributed by atoms with Crippen LogP contribution in [0.4, 0.5) is 0 Å². The summed E-state index contributed by atoms with van der Waals surface area (Å²) in [6.07, 6.45) is 5.82. The topological polar surface area (TPSA) is 43.1 Å². The molecule has 1 aromatic carbocycles. The van der Waals surface area contributed by atoms with Gasteiger partial charge in [0.15, 0.2) is 0 Å². The number of nitrogens with two attached hydrogens (primary N) is 1. The van der Waals surface area contributed by atoms with Crippen molar-refractivity contribution in [1.29, 1.82) is 0 Å². The molecule has 1 aromatic rings. The van der Waals surface area contributed by atoms with Crippen LogP contribution in [0.15, 0.2) is 18.2 Å². The van der Waals surface area contributed by atoms with E-state index in [1.54, 1.807) is 0 Å². The lowest BCUT2D eigenvalue weighted by molar-refractivity contribution is -0.118. The minimum atomic E-state index is 0.341. The summed E-state index contributed by atoms with van der Waals surface area (Å²) in [6.45, 7) is 2.77. The molecule has 1 atom stereocenters. The third-order valence-electron chi connectivity index (χ3n) is 3.88. The number of fused-ring (bicyclic) bond motifs is 1. The van der Waals surface area contributed by atoms with Gasteiger partial charge in [0, 0.05) is 12.8 Å². The summed E-state index contributed by atoms with van der Waals surface area (Å²) in [5.74, 6) is 0.794. The molecule has 0 amide bonds. The lowest BCUT2D eigenvalue weighted by Gasteiger charge is -2.08. The molecule has 98 valence electrons. The Labute approximate surface area is 110 Å². The number of rotatable bonds is 6. The first-order valence-corrected chi connectivity index (χ1v) is 7.01. The molecule has 0 heterocycles. The number of hydrogen-bond acceptors (Lipinski definition) is 2. The quantitative estimate of drug-likeness (QED) is 0.837. The van der Waals surface area contributed by atoms with Gasteiger partial charge in [-0.25, -0.2) is 0 Å². The van der Waals surface area contributed by atoms with E-state index in [1.807, 2.05) is 0 Å². The van der Waals surface area contributed by atoms with Gasteiger partial charge in [-0.3, -0.25) is 4.79 Å². The maximum Gasteiger partial charge on any atom is 0.137 e. The molecule has 2 N–H and O–H groups in total. The zero-order chi connectivity index (χ0) is 13.0. The molecule has 0 aliphatic heterocycles. The molecular formula is C16H23NO. The van der Waals surface area contributed by atoms with E-state index in [1.165, 1.54) is 36.0 Å². The fraction of sp³-hybridized carbons (Fsp3) is 0.562. The minimum absolute atomic E-state index is 0.341. The second kappa shape index (κ2) is 6.14. The lowest BCUT2D eigenvalue weighted by atomic mass is 9.98. The molecule has 0 saturated carbocycles. The smallest absolute Gasteiger partial charge is 0.137 e. The van der Waals surface area contributed by atoms with Crippen molar-refractivity contribution in [3.8, 4) is 0 Å². The first kappa shape index (κ1) is 13.3. The first-order chi connectivity index (χ1) is 8.69. The third kappa shape index (κ3) is 3.42. The maximum atomic E-state index is 11.9. The molecule has 2 heteroatoms. The molecule has 18 heavy (non-hydrogen) atoms. The van der Waals surface area contributed by atoms with Crippen molar-refractivity contribution in [2.24, 2.45) is 11.7 Å². The number of hydrogen-bond donors (Lipinski definition) is 1. The van der Waals surface area contributed by atoms with Gasteiger partial charge >= 0.3 is 0 Å². The van der Waals surface area contributed by atoms with Crippen molar-refractivity contribution in [2.45, 2.75) is 45.4 Å². The van der Waals surface area contributed by atoms with Gasteiger partial charge in [0.25, 0.3) is 0 Å². The molecule has 1 unspecified atom stereocenters. The predicted molar refractivity (Wildman–Crippen MR) is 74.6 cm³/mol. The Morgan fingerprint density at radius 2 is 2.11 bits per heavy atom. The molecule has 2 rings (SSSR count). The van der Waals surface area contributed by atoms with E-state index in [0.717, 1.165) is 6.42 Å². The zero-order valence-corrected chi connectivity index (χ0v) is 11.2. The van der Waals surface area contributed by atoms with Crippen molar-refractivity contribution in [1.82, 2.24) is 0 Å². The number of benzene rings is 1. The van der Waals surface area contributed by atoms with Crippen LogP contribution in [0.25, 0.3) is 0 Å². The molecule has 0 aromatic heterocycles. The van der Waals surface area contributed by atoms with Gasteiger partial charge < -0.3 is 5.73 Å². The number of ketones is 1. The SMILES string of the molecule is CC(CN)CCC(=O)Cc1ccc2c(c1)CCC2. The summed E-state index contributed by atoms with van der Waals surface area (Å²) >= 11 is 0. The van der Waals surface area contributed by atoms with Gasteiger partial charge in [0.05, 0.1) is 0 Å². The molecule has 0 spiro atoms. The van der Waals surface area contributed by atoms with E-state index >= 15 is 0 Å². The van der Waals surface area contributed by atoms with Crippen LogP contribution in [0.3, 0.4) is 0 Å². The van der Waals surface area contributed by atoms with Gasteiger partial charge in [0.2, 0.25) is 0 Å². The second-order valence-corrected chi connectivity index (χ2v) is 5.55. The fourth-order valence-corrected chi connectivity index (χ4v) is 2.58. The summed E-state index contributed by atoms with van der Waals surface area (Å²) in [7, 11) is 0. The molecule has 0 fully saturated rings. The summed E-state index contributed by atoms with van der Waals surface area (Å²) in [6, 6.07) is 6.55. The van der Waals surface area contributed by atoms with Crippen LogP contribution in [-0.4, -0.2) is 12.3 Å². The fourth-order valence-electron chi connectivity index (χ4n) is 2.58. The molecule has 0 radical (unpaired) electrons. The number of carbonyl (C=O) groups excluding carboxylic acids is 1. The number of carbonyl (C=O) groups is 1. The van der Waals surface area contributed by atoms with Crippen LogP contribution in [0.2, 0.25) is 0 Å². The minimum Gasteiger partial charge on any atom is -0.330 e. The molecule has 2 nitrogen and oxygen atoms in total. The van der Waals surface area contributed by atoms with E-state index in [0.29, 0.717) is 31.1 Å². The Morgan fingerprint density at radius 3 is 2.89 bits per heavy atom. The highest BCUT2D eigenvalue weighted by molar-refractivity contribution is 5.80. The van der Waals surface area contributed by atoms with Crippen LogP contribution in [0.1, 0.15) is 42.9 Å². The molecular weight excluding hydrogens is 222 g/mol. The number of Topliss-reactive ketones (excluding diaryl/α,β-unsaturated/α-hetero) is 1. The summed E-state index contributed by atoms with van der Waals surface area (Å²) in [4.78, 5) is 11.9. The number of aryl methyl sites for hydroxylation is 2. The average molecular weight is 245 g/mol. The Balaban J connectivity index is 1.87. The molecule has 1 aliphatic rings. The van der Waals surface area contributed by atoms with Crippen molar-refractivity contribution in [3.63, 3.8) is 0 Å². The van der Waals surface area contributed by atoms with E-state index in [4.69, 9.17) is 5.73 Å². The van der Waals surface area contributed by atoms with Crippen LogP contribution in [-0.2, 0) is 24.1 Å². The monoisotopic (exact) mass is 245 g/mol. The Bertz CT molecular complexity index is 425. The molecule has 0 bridgehead atoms. The Hall–Kier alpha value is -1.15. The summed E-state index contributed by atoms with van der Waals surface area (Å²) < 4.78 is 0. The molecule has 0 saturated heterocycles. The molecule has 1 aliphatic carbocycles. The Morgan fingerprint density at radius 1 is 1.33 bits per heavy atom. The highest BCUT2D eigenvalue weighted by Gasteiger charge is 2.12. The van der Waals surface area contributed by atoms with E-state index in [9.17, 15) is 4.79 Å². The predicted octanol–water partition coefficient (Wildman–Crippen LogP) is 2.66. The third-order valence-corrected chi connectivity index (χ3v) is 3.88. The summed E-state index contributed by atoms with van der Waals surface area (Å²) in [5.41, 5.74) is 9.67. The van der Waals surface area contributed by atoms with Gasteiger partial charge in [-0.2, -0.15) is 0 Å². The van der Waals surface area contributed by atoms with Gasteiger partial charge in [0.1, 0.15) is 5.78 Å². The second-order valence-electron chi connectivity index (χ2n) is 5.55. The van der Waals surface area contributed by atoms with Gasteiger partial charge in [-0.15, -0.1) is 0 Å². The normalized spacial score (nSPS) is 15.4. The van der Waals surface area contributed by atoms with E-state index in [-0.39, 0.29) is 0 Å². The zero-order valence-electron chi connectivity index (χ0n) is 11.2.